The second kappa shape index (κ2) is 4.67. The lowest BCUT2D eigenvalue weighted by Crippen LogP contribution is -2.42. The number of nitro groups is 1. The molecular formula is C11H17N3O3. The van der Waals surface area contributed by atoms with Crippen LogP contribution in [0.4, 0.5) is 11.5 Å². The Morgan fingerprint density at radius 1 is 1.59 bits per heavy atom. The van der Waals surface area contributed by atoms with Gasteiger partial charge in [-0.3, -0.25) is 10.1 Å². The number of pyridine rings is 1. The van der Waals surface area contributed by atoms with Crippen molar-refractivity contribution in [2.75, 3.05) is 5.32 Å². The average Bonchev–Trinajstić information content (AvgIpc) is 2.20. The first kappa shape index (κ1) is 13.4. The summed E-state index contributed by atoms with van der Waals surface area (Å²) in [5, 5.41) is 23.2. The Balaban J connectivity index is 2.98. The molecule has 0 aliphatic carbocycles. The van der Waals surface area contributed by atoms with Crippen molar-refractivity contribution in [1.29, 1.82) is 0 Å². The summed E-state index contributed by atoms with van der Waals surface area (Å²) in [7, 11) is 0. The molecule has 0 radical (unpaired) electrons. The zero-order chi connectivity index (χ0) is 13.2. The third-order valence-electron chi connectivity index (χ3n) is 2.76. The molecule has 0 aromatic carbocycles. The second-order valence-corrected chi connectivity index (χ2v) is 4.64. The van der Waals surface area contributed by atoms with Crippen molar-refractivity contribution in [1.82, 2.24) is 4.98 Å². The van der Waals surface area contributed by atoms with Gasteiger partial charge in [-0.25, -0.2) is 4.98 Å². The molecule has 0 spiro atoms. The highest BCUT2D eigenvalue weighted by Crippen LogP contribution is 2.22. The molecule has 6 nitrogen and oxygen atoms in total. The molecule has 1 heterocycles. The van der Waals surface area contributed by atoms with E-state index in [2.05, 4.69) is 10.3 Å². The van der Waals surface area contributed by atoms with Crippen molar-refractivity contribution in [3.8, 4) is 0 Å². The van der Waals surface area contributed by atoms with Gasteiger partial charge >= 0.3 is 0 Å². The maximum Gasteiger partial charge on any atom is 0.287 e. The first-order valence-corrected chi connectivity index (χ1v) is 5.31. The Morgan fingerprint density at radius 3 is 2.59 bits per heavy atom. The molecule has 0 aliphatic heterocycles. The van der Waals surface area contributed by atoms with E-state index in [0.717, 1.165) is 0 Å². The van der Waals surface area contributed by atoms with Crippen LogP contribution in [0.25, 0.3) is 0 Å². The van der Waals surface area contributed by atoms with Crippen LogP contribution in [0.1, 0.15) is 26.3 Å². The number of hydrogen-bond acceptors (Lipinski definition) is 5. The van der Waals surface area contributed by atoms with Gasteiger partial charge in [0.2, 0.25) is 0 Å². The quantitative estimate of drug-likeness (QED) is 0.618. The van der Waals surface area contributed by atoms with Crippen LogP contribution in [0, 0.1) is 17.0 Å². The maximum absolute atomic E-state index is 10.6. The highest BCUT2D eigenvalue weighted by Gasteiger charge is 2.25. The van der Waals surface area contributed by atoms with E-state index in [-0.39, 0.29) is 5.69 Å². The van der Waals surface area contributed by atoms with Crippen LogP contribution < -0.4 is 5.32 Å². The van der Waals surface area contributed by atoms with Crippen molar-refractivity contribution in [3.63, 3.8) is 0 Å². The van der Waals surface area contributed by atoms with Gasteiger partial charge in [-0.1, -0.05) is 0 Å². The molecule has 1 aromatic heterocycles. The number of aromatic nitrogens is 1. The molecule has 0 fully saturated rings. The number of anilines is 1. The zero-order valence-corrected chi connectivity index (χ0v) is 10.4. The highest BCUT2D eigenvalue weighted by atomic mass is 16.6. The van der Waals surface area contributed by atoms with Gasteiger partial charge in [0.25, 0.3) is 5.69 Å². The molecule has 0 saturated carbocycles. The number of aryl methyl sites for hydroxylation is 1. The summed E-state index contributed by atoms with van der Waals surface area (Å²) in [5.74, 6) is 0.543. The number of rotatable bonds is 4. The van der Waals surface area contributed by atoms with Gasteiger partial charge < -0.3 is 10.4 Å². The van der Waals surface area contributed by atoms with Crippen LogP contribution >= 0.6 is 0 Å². The summed E-state index contributed by atoms with van der Waals surface area (Å²) in [6.07, 6.45) is 0.631. The topological polar surface area (TPSA) is 88.3 Å². The van der Waals surface area contributed by atoms with E-state index < -0.39 is 16.6 Å². The van der Waals surface area contributed by atoms with Gasteiger partial charge in [-0.2, -0.15) is 0 Å². The molecule has 0 amide bonds. The normalized spacial score (nSPS) is 13.2. The predicted molar refractivity (Wildman–Crippen MR) is 65.0 cm³/mol. The van der Waals surface area contributed by atoms with Gasteiger partial charge in [0.15, 0.2) is 0 Å². The summed E-state index contributed by atoms with van der Waals surface area (Å²) < 4.78 is 0. The Labute approximate surface area is 99.8 Å². The van der Waals surface area contributed by atoms with E-state index in [1.807, 2.05) is 13.8 Å². The van der Waals surface area contributed by atoms with Gasteiger partial charge in [0.05, 0.1) is 16.6 Å². The fraction of sp³-hybridized carbons (Fsp3) is 0.545. The third kappa shape index (κ3) is 3.13. The highest BCUT2D eigenvalue weighted by molar-refractivity contribution is 5.49. The summed E-state index contributed by atoms with van der Waals surface area (Å²) in [4.78, 5) is 14.1. The number of aliphatic hydroxyl groups is 1. The van der Waals surface area contributed by atoms with E-state index in [9.17, 15) is 15.2 Å². The van der Waals surface area contributed by atoms with Crippen molar-refractivity contribution in [2.45, 2.75) is 39.3 Å². The minimum Gasteiger partial charge on any atom is -0.391 e. The monoisotopic (exact) mass is 239 g/mol. The van der Waals surface area contributed by atoms with Crippen LogP contribution in [0.15, 0.2) is 12.3 Å². The number of nitrogens with one attached hydrogen (secondary N) is 1. The Hall–Kier alpha value is -1.69. The smallest absolute Gasteiger partial charge is 0.287 e. The molecule has 0 saturated heterocycles. The first-order valence-electron chi connectivity index (χ1n) is 5.31. The second-order valence-electron chi connectivity index (χ2n) is 4.64. The Bertz CT molecular complexity index is 430. The maximum atomic E-state index is 10.6. The molecular weight excluding hydrogens is 222 g/mol. The lowest BCUT2D eigenvalue weighted by molar-refractivity contribution is -0.385. The number of hydrogen-bond donors (Lipinski definition) is 2. The average molecular weight is 239 g/mol. The van der Waals surface area contributed by atoms with Gasteiger partial charge in [-0.05, 0) is 33.3 Å². The van der Waals surface area contributed by atoms with Crippen molar-refractivity contribution < 1.29 is 10.0 Å². The molecule has 1 atom stereocenters. The zero-order valence-electron chi connectivity index (χ0n) is 10.4. The largest absolute Gasteiger partial charge is 0.391 e. The van der Waals surface area contributed by atoms with Crippen LogP contribution in [-0.4, -0.2) is 26.7 Å². The third-order valence-corrected chi connectivity index (χ3v) is 2.76. The minimum atomic E-state index is -0.570. The van der Waals surface area contributed by atoms with Gasteiger partial charge in [0, 0.05) is 6.07 Å². The lowest BCUT2D eigenvalue weighted by Gasteiger charge is -2.30. The molecule has 1 aromatic rings. The van der Waals surface area contributed by atoms with Gasteiger partial charge in [-0.15, -0.1) is 0 Å². The van der Waals surface area contributed by atoms with E-state index in [4.69, 9.17) is 0 Å². The van der Waals surface area contributed by atoms with Crippen LogP contribution in [0.2, 0.25) is 0 Å². The van der Waals surface area contributed by atoms with E-state index >= 15 is 0 Å². The Kier molecular flexibility index (Phi) is 3.67. The van der Waals surface area contributed by atoms with Crippen LogP contribution in [-0.2, 0) is 0 Å². The molecule has 0 bridgehead atoms. The van der Waals surface area contributed by atoms with E-state index in [0.29, 0.717) is 11.4 Å². The number of nitrogens with zero attached hydrogens (tertiary/aromatic N) is 2. The minimum absolute atomic E-state index is 0.0390. The summed E-state index contributed by atoms with van der Waals surface area (Å²) in [6, 6.07) is 1.45. The van der Waals surface area contributed by atoms with Gasteiger partial charge in [0.1, 0.15) is 12.0 Å². The molecule has 1 rings (SSSR count). The Morgan fingerprint density at radius 2 is 2.18 bits per heavy atom. The van der Waals surface area contributed by atoms with Crippen LogP contribution in [0.3, 0.4) is 0 Å². The van der Waals surface area contributed by atoms with E-state index in [1.165, 1.54) is 12.3 Å². The van der Waals surface area contributed by atoms with E-state index in [1.54, 1.807) is 13.8 Å². The fourth-order valence-corrected chi connectivity index (χ4v) is 1.20. The standard InChI is InChI=1S/C11H17N3O3/c1-7-5-9(14(16)17)6-12-10(7)13-11(3,4)8(2)15/h5-6,8,15H,1-4H3,(H,12,13). The SMILES string of the molecule is Cc1cc([N+](=O)[O-])cnc1NC(C)(C)C(C)O. The predicted octanol–water partition coefficient (Wildman–Crippen LogP) is 1.87. The summed E-state index contributed by atoms with van der Waals surface area (Å²) in [5.41, 5.74) is 0.0873. The molecule has 2 N–H and O–H groups in total. The van der Waals surface area contributed by atoms with Crippen molar-refractivity contribution in [2.24, 2.45) is 0 Å². The molecule has 6 heteroatoms. The molecule has 94 valence electrons. The molecule has 17 heavy (non-hydrogen) atoms. The summed E-state index contributed by atoms with van der Waals surface area (Å²) in [6.45, 7) is 7.08. The fourth-order valence-electron chi connectivity index (χ4n) is 1.20. The first-order chi connectivity index (χ1) is 7.74. The van der Waals surface area contributed by atoms with Crippen molar-refractivity contribution in [3.05, 3.63) is 27.9 Å². The van der Waals surface area contributed by atoms with Crippen molar-refractivity contribution >= 4 is 11.5 Å². The molecule has 1 unspecified atom stereocenters. The van der Waals surface area contributed by atoms with Crippen LogP contribution in [0.5, 0.6) is 0 Å². The summed E-state index contributed by atoms with van der Waals surface area (Å²) >= 11 is 0. The lowest BCUT2D eigenvalue weighted by atomic mass is 9.98. The molecule has 0 aliphatic rings. The number of aliphatic hydroxyl groups excluding tert-OH is 1.